The number of likely N-dealkylation sites (N-methyl/N-ethyl adjacent to an activating group) is 1. The standard InChI is InChI=1S/C20H28ClN3O3/c1-2-23(13-19(25)26)16-7-9-24(10-8-16)20(27)22-15-11-14(12-15)17-5-3-4-6-18(17)21/h3-6,14-16H,2,7-13H2,1H3,(H,22,27)(H,25,26). The first-order valence-electron chi connectivity index (χ1n) is 9.73. The van der Waals surface area contributed by atoms with Gasteiger partial charge < -0.3 is 15.3 Å². The lowest BCUT2D eigenvalue weighted by atomic mass is 9.76. The largest absolute Gasteiger partial charge is 0.480 e. The molecule has 0 bridgehead atoms. The van der Waals surface area contributed by atoms with Crippen LogP contribution < -0.4 is 5.32 Å². The van der Waals surface area contributed by atoms with E-state index in [1.807, 2.05) is 34.9 Å². The molecule has 2 fully saturated rings. The highest BCUT2D eigenvalue weighted by atomic mass is 35.5. The number of carboxylic acid groups (broad SMARTS) is 1. The van der Waals surface area contributed by atoms with Crippen LogP contribution >= 0.6 is 11.6 Å². The predicted molar refractivity (Wildman–Crippen MR) is 105 cm³/mol. The van der Waals surface area contributed by atoms with E-state index in [0.29, 0.717) is 25.6 Å². The molecule has 7 heteroatoms. The van der Waals surface area contributed by atoms with Crippen molar-refractivity contribution in [3.63, 3.8) is 0 Å². The van der Waals surface area contributed by atoms with Crippen LogP contribution in [0.25, 0.3) is 0 Å². The SMILES string of the molecule is CCN(CC(=O)O)C1CCN(C(=O)NC2CC(c3ccccc3Cl)C2)CC1. The summed E-state index contributed by atoms with van der Waals surface area (Å²) in [6, 6.07) is 8.35. The van der Waals surface area contributed by atoms with Gasteiger partial charge in [0.05, 0.1) is 6.54 Å². The van der Waals surface area contributed by atoms with Crippen LogP contribution in [0.15, 0.2) is 24.3 Å². The van der Waals surface area contributed by atoms with Gasteiger partial charge in [0, 0.05) is 30.2 Å². The van der Waals surface area contributed by atoms with Gasteiger partial charge in [0.15, 0.2) is 0 Å². The molecule has 1 saturated carbocycles. The number of rotatable bonds is 6. The van der Waals surface area contributed by atoms with Gasteiger partial charge in [-0.1, -0.05) is 36.7 Å². The predicted octanol–water partition coefficient (Wildman–Crippen LogP) is 3.17. The molecule has 1 aromatic carbocycles. The fourth-order valence-electron chi connectivity index (χ4n) is 4.17. The topological polar surface area (TPSA) is 72.9 Å². The lowest BCUT2D eigenvalue weighted by Crippen LogP contribution is -2.53. The lowest BCUT2D eigenvalue weighted by molar-refractivity contribution is -0.139. The molecular formula is C20H28ClN3O3. The highest BCUT2D eigenvalue weighted by Crippen LogP contribution is 2.40. The molecule has 1 saturated heterocycles. The number of urea groups is 1. The molecule has 3 rings (SSSR count). The maximum Gasteiger partial charge on any atom is 0.317 e. The van der Waals surface area contributed by atoms with Crippen molar-refractivity contribution in [2.45, 2.75) is 50.6 Å². The van der Waals surface area contributed by atoms with Gasteiger partial charge >= 0.3 is 12.0 Å². The van der Waals surface area contributed by atoms with Crippen molar-refractivity contribution in [3.05, 3.63) is 34.9 Å². The fraction of sp³-hybridized carbons (Fsp3) is 0.600. The molecule has 1 aliphatic carbocycles. The van der Waals surface area contributed by atoms with Gasteiger partial charge in [-0.25, -0.2) is 4.79 Å². The number of carbonyl (C=O) groups excluding carboxylic acids is 1. The second kappa shape index (κ2) is 8.93. The lowest BCUT2D eigenvalue weighted by Gasteiger charge is -2.40. The molecule has 1 heterocycles. The zero-order valence-corrected chi connectivity index (χ0v) is 16.5. The minimum Gasteiger partial charge on any atom is -0.480 e. The normalized spacial score (nSPS) is 23.1. The number of carboxylic acids is 1. The number of piperidine rings is 1. The van der Waals surface area contributed by atoms with Crippen molar-refractivity contribution >= 4 is 23.6 Å². The summed E-state index contributed by atoms with van der Waals surface area (Å²) < 4.78 is 0. The molecular weight excluding hydrogens is 366 g/mol. The molecule has 2 aliphatic rings. The van der Waals surface area contributed by atoms with E-state index in [-0.39, 0.29) is 24.7 Å². The second-order valence-electron chi connectivity index (χ2n) is 7.51. The summed E-state index contributed by atoms with van der Waals surface area (Å²) >= 11 is 6.25. The van der Waals surface area contributed by atoms with E-state index in [1.54, 1.807) is 0 Å². The zero-order valence-electron chi connectivity index (χ0n) is 15.7. The number of carbonyl (C=O) groups is 2. The summed E-state index contributed by atoms with van der Waals surface area (Å²) in [5.74, 6) is -0.376. The Kier molecular flexibility index (Phi) is 6.60. The summed E-state index contributed by atoms with van der Waals surface area (Å²) in [5.41, 5.74) is 1.17. The van der Waals surface area contributed by atoms with E-state index in [9.17, 15) is 9.59 Å². The maximum atomic E-state index is 12.5. The zero-order chi connectivity index (χ0) is 19.4. The monoisotopic (exact) mass is 393 g/mol. The Labute approximate surface area is 165 Å². The first kappa shape index (κ1) is 20.0. The van der Waals surface area contributed by atoms with Gasteiger partial charge in [-0.2, -0.15) is 0 Å². The highest BCUT2D eigenvalue weighted by Gasteiger charge is 2.34. The van der Waals surface area contributed by atoms with Crippen molar-refractivity contribution in [2.24, 2.45) is 0 Å². The molecule has 0 radical (unpaired) electrons. The van der Waals surface area contributed by atoms with Crippen LogP contribution in [0.1, 0.15) is 44.1 Å². The average Bonchev–Trinajstić information content (AvgIpc) is 2.63. The van der Waals surface area contributed by atoms with Crippen molar-refractivity contribution in [1.82, 2.24) is 15.1 Å². The maximum absolute atomic E-state index is 12.5. The Bertz CT molecular complexity index is 670. The number of amides is 2. The molecule has 1 aromatic rings. The molecule has 0 spiro atoms. The number of nitrogens with one attached hydrogen (secondary N) is 1. The number of aliphatic carboxylic acids is 1. The van der Waals surface area contributed by atoms with Crippen molar-refractivity contribution in [1.29, 1.82) is 0 Å². The average molecular weight is 394 g/mol. The number of hydrogen-bond acceptors (Lipinski definition) is 3. The molecule has 0 unspecified atom stereocenters. The van der Waals surface area contributed by atoms with E-state index in [4.69, 9.17) is 16.7 Å². The van der Waals surface area contributed by atoms with Crippen molar-refractivity contribution in [2.75, 3.05) is 26.2 Å². The first-order valence-corrected chi connectivity index (χ1v) is 10.1. The van der Waals surface area contributed by atoms with Crippen LogP contribution in [0.3, 0.4) is 0 Å². The Hall–Kier alpha value is -1.79. The van der Waals surface area contributed by atoms with Crippen molar-refractivity contribution < 1.29 is 14.7 Å². The molecule has 0 aromatic heterocycles. The van der Waals surface area contributed by atoms with Gasteiger partial charge in [0.2, 0.25) is 0 Å². The summed E-state index contributed by atoms with van der Waals surface area (Å²) in [6.45, 7) is 4.11. The Balaban J connectivity index is 1.42. The number of nitrogens with zero attached hydrogens (tertiary/aromatic N) is 2. The van der Waals surface area contributed by atoms with Crippen molar-refractivity contribution in [3.8, 4) is 0 Å². The molecule has 0 atom stereocenters. The summed E-state index contributed by atoms with van der Waals surface area (Å²) in [5, 5.41) is 12.9. The van der Waals surface area contributed by atoms with Gasteiger partial charge in [-0.3, -0.25) is 9.69 Å². The van der Waals surface area contributed by atoms with E-state index < -0.39 is 5.97 Å². The third-order valence-corrected chi connectivity index (χ3v) is 6.17. The second-order valence-corrected chi connectivity index (χ2v) is 7.92. The van der Waals surface area contributed by atoms with E-state index in [2.05, 4.69) is 11.4 Å². The fourth-order valence-corrected chi connectivity index (χ4v) is 4.46. The highest BCUT2D eigenvalue weighted by molar-refractivity contribution is 6.31. The van der Waals surface area contributed by atoms with Crippen LogP contribution in [0, 0.1) is 0 Å². The molecule has 6 nitrogen and oxygen atoms in total. The summed E-state index contributed by atoms with van der Waals surface area (Å²) in [4.78, 5) is 27.3. The van der Waals surface area contributed by atoms with Crippen LogP contribution in [-0.2, 0) is 4.79 Å². The third kappa shape index (κ3) is 4.93. The Morgan fingerprint density at radius 1 is 1.26 bits per heavy atom. The van der Waals surface area contributed by atoms with Crippen LogP contribution in [-0.4, -0.2) is 65.2 Å². The third-order valence-electron chi connectivity index (χ3n) is 5.82. The molecule has 27 heavy (non-hydrogen) atoms. The van der Waals surface area contributed by atoms with Gasteiger partial charge in [-0.15, -0.1) is 0 Å². The smallest absolute Gasteiger partial charge is 0.317 e. The van der Waals surface area contributed by atoms with E-state index in [0.717, 1.165) is 30.7 Å². The quantitative estimate of drug-likeness (QED) is 0.778. The van der Waals surface area contributed by atoms with Gasteiger partial charge in [0.25, 0.3) is 0 Å². The molecule has 2 N–H and O–H groups in total. The minimum atomic E-state index is -0.796. The summed E-state index contributed by atoms with van der Waals surface area (Å²) in [7, 11) is 0. The van der Waals surface area contributed by atoms with E-state index >= 15 is 0 Å². The van der Waals surface area contributed by atoms with Crippen LogP contribution in [0.2, 0.25) is 5.02 Å². The van der Waals surface area contributed by atoms with Crippen LogP contribution in [0.5, 0.6) is 0 Å². The minimum absolute atomic E-state index is 0.00246. The first-order chi connectivity index (χ1) is 13.0. The Morgan fingerprint density at radius 2 is 1.93 bits per heavy atom. The number of halogens is 1. The Morgan fingerprint density at radius 3 is 2.52 bits per heavy atom. The number of benzene rings is 1. The van der Waals surface area contributed by atoms with E-state index in [1.165, 1.54) is 5.56 Å². The molecule has 2 amide bonds. The molecule has 1 aliphatic heterocycles. The summed E-state index contributed by atoms with van der Waals surface area (Å²) in [6.07, 6.45) is 3.49. The van der Waals surface area contributed by atoms with Gasteiger partial charge in [-0.05, 0) is 49.8 Å². The van der Waals surface area contributed by atoms with Gasteiger partial charge in [0.1, 0.15) is 0 Å². The number of hydrogen-bond donors (Lipinski definition) is 2. The van der Waals surface area contributed by atoms with Crippen LogP contribution in [0.4, 0.5) is 4.79 Å². The molecule has 148 valence electrons. The number of likely N-dealkylation sites (tertiary alicyclic amines) is 1.